The number of nitro groups is 1. The van der Waals surface area contributed by atoms with Crippen molar-refractivity contribution in [2.24, 2.45) is 0 Å². The fraction of sp³-hybridized carbons (Fsp3) is 0.300. The lowest BCUT2D eigenvalue weighted by Gasteiger charge is -1.93. The van der Waals surface area contributed by atoms with Crippen LogP contribution < -0.4 is 0 Å². The maximum absolute atomic E-state index is 10.8. The zero-order valence-corrected chi connectivity index (χ0v) is 8.48. The molecule has 0 amide bonds. The van der Waals surface area contributed by atoms with E-state index in [0.717, 1.165) is 0 Å². The quantitative estimate of drug-likeness (QED) is 0.414. The number of nitrogens with zero attached hydrogens (tertiary/aromatic N) is 1. The molecule has 0 aromatic heterocycles. The molecule has 14 heavy (non-hydrogen) atoms. The Hall–Kier alpha value is -1.71. The van der Waals surface area contributed by atoms with Crippen LogP contribution in [-0.2, 0) is 0 Å². The summed E-state index contributed by atoms with van der Waals surface area (Å²) in [5.74, 6) is -0.0927. The van der Waals surface area contributed by atoms with E-state index in [1.54, 1.807) is 0 Å². The third-order valence-corrected chi connectivity index (χ3v) is 1.48. The number of benzene rings is 1. The first kappa shape index (κ1) is 12.3. The third kappa shape index (κ3) is 3.35. The summed E-state index contributed by atoms with van der Waals surface area (Å²) < 4.78 is 0. The second-order valence-corrected chi connectivity index (χ2v) is 2.36. The average Bonchev–Trinajstić information content (AvgIpc) is 2.21. The van der Waals surface area contributed by atoms with Crippen LogP contribution in [0.25, 0.3) is 0 Å². The molecule has 76 valence electrons. The molecule has 0 aliphatic heterocycles. The molecule has 0 heterocycles. The van der Waals surface area contributed by atoms with Crippen LogP contribution >= 0.6 is 0 Å². The molecule has 0 saturated heterocycles. The Bertz CT molecular complexity index is 284. The predicted octanol–water partition coefficient (Wildman–Crippen LogP) is 2.82. The zero-order valence-electron chi connectivity index (χ0n) is 8.48. The lowest BCUT2D eigenvalue weighted by molar-refractivity contribution is -0.384. The van der Waals surface area contributed by atoms with Crippen molar-refractivity contribution in [3.05, 3.63) is 39.9 Å². The van der Waals surface area contributed by atoms with Gasteiger partial charge in [0.15, 0.2) is 5.78 Å². The first-order chi connectivity index (χ1) is 6.61. The van der Waals surface area contributed by atoms with Gasteiger partial charge in [0.1, 0.15) is 0 Å². The summed E-state index contributed by atoms with van der Waals surface area (Å²) in [6.07, 6.45) is 0. The normalized spacial score (nSPS) is 8.50. The van der Waals surface area contributed by atoms with Crippen molar-refractivity contribution < 1.29 is 9.72 Å². The number of nitro benzene ring substituents is 1. The van der Waals surface area contributed by atoms with Crippen molar-refractivity contribution in [2.75, 3.05) is 0 Å². The highest BCUT2D eigenvalue weighted by molar-refractivity contribution is 5.94. The van der Waals surface area contributed by atoms with Gasteiger partial charge in [-0.1, -0.05) is 13.8 Å². The van der Waals surface area contributed by atoms with Crippen LogP contribution in [0.2, 0.25) is 0 Å². The van der Waals surface area contributed by atoms with Gasteiger partial charge in [-0.25, -0.2) is 0 Å². The van der Waals surface area contributed by atoms with Crippen molar-refractivity contribution in [3.63, 3.8) is 0 Å². The van der Waals surface area contributed by atoms with Crippen molar-refractivity contribution in [1.29, 1.82) is 0 Å². The van der Waals surface area contributed by atoms with Gasteiger partial charge < -0.3 is 0 Å². The van der Waals surface area contributed by atoms with Gasteiger partial charge in [-0.15, -0.1) is 0 Å². The predicted molar refractivity (Wildman–Crippen MR) is 54.4 cm³/mol. The molecule has 1 aromatic carbocycles. The van der Waals surface area contributed by atoms with E-state index in [9.17, 15) is 14.9 Å². The maximum atomic E-state index is 10.8. The third-order valence-electron chi connectivity index (χ3n) is 1.48. The molecular weight excluding hydrogens is 182 g/mol. The second kappa shape index (κ2) is 5.85. The highest BCUT2D eigenvalue weighted by atomic mass is 16.6. The molecule has 0 bridgehead atoms. The Kier molecular flexibility index (Phi) is 5.14. The summed E-state index contributed by atoms with van der Waals surface area (Å²) in [7, 11) is 0. The summed E-state index contributed by atoms with van der Waals surface area (Å²) in [6, 6.07) is 5.52. The molecule has 1 aromatic rings. The van der Waals surface area contributed by atoms with Crippen LogP contribution in [-0.4, -0.2) is 10.7 Å². The van der Waals surface area contributed by atoms with Gasteiger partial charge in [-0.05, 0) is 19.1 Å². The lowest BCUT2D eigenvalue weighted by Crippen LogP contribution is -1.92. The van der Waals surface area contributed by atoms with Crippen molar-refractivity contribution in [1.82, 2.24) is 0 Å². The van der Waals surface area contributed by atoms with Crippen LogP contribution in [0.5, 0.6) is 0 Å². The molecule has 0 atom stereocenters. The van der Waals surface area contributed by atoms with E-state index >= 15 is 0 Å². The molecule has 0 radical (unpaired) electrons. The molecule has 4 heteroatoms. The van der Waals surface area contributed by atoms with Gasteiger partial charge in [-0.3, -0.25) is 14.9 Å². The first-order valence-electron chi connectivity index (χ1n) is 4.36. The van der Waals surface area contributed by atoms with E-state index in [0.29, 0.717) is 5.56 Å². The van der Waals surface area contributed by atoms with Gasteiger partial charge in [0, 0.05) is 17.7 Å². The topological polar surface area (TPSA) is 60.2 Å². The van der Waals surface area contributed by atoms with Crippen LogP contribution in [0.4, 0.5) is 5.69 Å². The number of ketones is 1. The molecule has 1 rings (SSSR count). The molecule has 0 saturated carbocycles. The number of carbonyl (C=O) groups excluding carboxylic acids is 1. The fourth-order valence-corrected chi connectivity index (χ4v) is 0.818. The molecule has 0 aliphatic rings. The largest absolute Gasteiger partial charge is 0.295 e. The second-order valence-electron chi connectivity index (χ2n) is 2.36. The summed E-state index contributed by atoms with van der Waals surface area (Å²) in [4.78, 5) is 20.5. The summed E-state index contributed by atoms with van der Waals surface area (Å²) >= 11 is 0. The number of non-ortho nitro benzene ring substituents is 1. The van der Waals surface area contributed by atoms with Gasteiger partial charge in [-0.2, -0.15) is 0 Å². The summed E-state index contributed by atoms with van der Waals surface area (Å²) in [5.41, 5.74) is 0.487. The van der Waals surface area contributed by atoms with Gasteiger partial charge >= 0.3 is 0 Å². The Morgan fingerprint density at radius 3 is 1.93 bits per heavy atom. The van der Waals surface area contributed by atoms with Gasteiger partial charge in [0.2, 0.25) is 0 Å². The highest BCUT2D eigenvalue weighted by Crippen LogP contribution is 2.11. The molecular formula is C10H13NO3. The minimum Gasteiger partial charge on any atom is -0.295 e. The van der Waals surface area contributed by atoms with Crippen LogP contribution in [0.15, 0.2) is 24.3 Å². The van der Waals surface area contributed by atoms with Crippen molar-refractivity contribution >= 4 is 11.5 Å². The van der Waals surface area contributed by atoms with Crippen molar-refractivity contribution in [3.8, 4) is 0 Å². The Balaban J connectivity index is 0.000000791. The van der Waals surface area contributed by atoms with E-state index < -0.39 is 4.92 Å². The standard InChI is InChI=1S/C8H7NO3.C2H6/c1-6(10)7-2-4-8(5-3-7)9(11)12;1-2/h2-5H,1H3;1-2H3. The lowest BCUT2D eigenvalue weighted by atomic mass is 10.1. The minimum atomic E-state index is -0.496. The molecule has 0 unspecified atom stereocenters. The highest BCUT2D eigenvalue weighted by Gasteiger charge is 2.05. The number of hydrogen-bond donors (Lipinski definition) is 0. The molecule has 0 N–H and O–H groups in total. The minimum absolute atomic E-state index is 0.000000000000000222. The van der Waals surface area contributed by atoms with Gasteiger partial charge in [0.25, 0.3) is 5.69 Å². The number of Topliss-reactive ketones (excluding diaryl/α,β-unsaturated/α-hetero) is 1. The van der Waals surface area contributed by atoms with E-state index in [4.69, 9.17) is 0 Å². The monoisotopic (exact) mass is 195 g/mol. The van der Waals surface area contributed by atoms with E-state index in [1.807, 2.05) is 13.8 Å². The van der Waals surface area contributed by atoms with Crippen LogP contribution in [0, 0.1) is 10.1 Å². The maximum Gasteiger partial charge on any atom is 0.269 e. The summed E-state index contributed by atoms with van der Waals surface area (Å²) in [6.45, 7) is 5.42. The fourth-order valence-electron chi connectivity index (χ4n) is 0.818. The average molecular weight is 195 g/mol. The molecule has 0 fully saturated rings. The molecule has 0 spiro atoms. The SMILES string of the molecule is CC.CC(=O)c1ccc([N+](=O)[O-])cc1. The number of carbonyl (C=O) groups is 1. The smallest absolute Gasteiger partial charge is 0.269 e. The van der Waals surface area contributed by atoms with Crippen molar-refractivity contribution in [2.45, 2.75) is 20.8 Å². The Morgan fingerprint density at radius 2 is 1.64 bits per heavy atom. The van der Waals surface area contributed by atoms with Crippen LogP contribution in [0.3, 0.4) is 0 Å². The van der Waals surface area contributed by atoms with E-state index in [2.05, 4.69) is 0 Å². The van der Waals surface area contributed by atoms with Gasteiger partial charge in [0.05, 0.1) is 4.92 Å². The molecule has 4 nitrogen and oxygen atoms in total. The Labute approximate surface area is 82.7 Å². The number of hydrogen-bond acceptors (Lipinski definition) is 3. The van der Waals surface area contributed by atoms with E-state index in [1.165, 1.54) is 31.2 Å². The number of rotatable bonds is 2. The van der Waals surface area contributed by atoms with Crippen LogP contribution in [0.1, 0.15) is 31.1 Å². The Morgan fingerprint density at radius 1 is 1.21 bits per heavy atom. The molecule has 0 aliphatic carbocycles. The first-order valence-corrected chi connectivity index (χ1v) is 4.36. The van der Waals surface area contributed by atoms with E-state index in [-0.39, 0.29) is 11.5 Å². The summed E-state index contributed by atoms with van der Waals surface area (Å²) in [5, 5.41) is 10.2. The zero-order chi connectivity index (χ0) is 11.1.